The average molecular weight is 185 g/mol. The maximum absolute atomic E-state index is 5.57. The maximum Gasteiger partial charge on any atom is 0.128 e. The Bertz CT molecular complexity index is 463. The predicted octanol–water partition coefficient (Wildman–Crippen LogP) is 2.92. The summed E-state index contributed by atoms with van der Waals surface area (Å²) in [6.45, 7) is 0. The Morgan fingerprint density at radius 3 is 2.50 bits per heavy atom. The van der Waals surface area contributed by atoms with Crippen molar-refractivity contribution < 1.29 is 4.42 Å². The number of benzene rings is 1. The summed E-state index contributed by atoms with van der Waals surface area (Å²) >= 11 is 0. The minimum atomic E-state index is 0.733. The van der Waals surface area contributed by atoms with Crippen molar-refractivity contribution in [2.24, 2.45) is 5.73 Å². The van der Waals surface area contributed by atoms with Gasteiger partial charge in [-0.25, -0.2) is 0 Å². The Hall–Kier alpha value is -1.96. The fraction of sp³-hybridized carbons (Fsp3) is 0. The first kappa shape index (κ1) is 8.63. The molecular formula is C12H11NO. The zero-order valence-electron chi connectivity index (χ0n) is 7.68. The van der Waals surface area contributed by atoms with Crippen molar-refractivity contribution in [3.05, 3.63) is 54.4 Å². The number of nitrogens with two attached hydrogens (primary N) is 1. The highest BCUT2D eigenvalue weighted by Crippen LogP contribution is 2.10. The molecule has 0 aliphatic heterocycles. The molecule has 0 aliphatic carbocycles. The molecule has 2 nitrogen and oxygen atoms in total. The van der Waals surface area contributed by atoms with Gasteiger partial charge in [-0.2, -0.15) is 0 Å². The van der Waals surface area contributed by atoms with E-state index in [1.165, 1.54) is 6.20 Å². The number of fused-ring (bicyclic) bond motifs is 6. The molecule has 2 bridgehead atoms. The molecule has 70 valence electrons. The summed E-state index contributed by atoms with van der Waals surface area (Å²) in [4.78, 5) is 0. The molecule has 2 heterocycles. The molecule has 0 amide bonds. The molecule has 0 aliphatic rings. The Morgan fingerprint density at radius 2 is 1.79 bits per heavy atom. The van der Waals surface area contributed by atoms with Gasteiger partial charge in [0.1, 0.15) is 11.3 Å². The molecule has 0 saturated carbocycles. The van der Waals surface area contributed by atoms with Gasteiger partial charge in [-0.3, -0.25) is 0 Å². The highest BCUT2D eigenvalue weighted by Gasteiger charge is 1.88. The van der Waals surface area contributed by atoms with Crippen LogP contribution in [0.5, 0.6) is 0 Å². The molecule has 0 unspecified atom stereocenters. The molecule has 3 aromatic rings. The van der Waals surface area contributed by atoms with Crippen LogP contribution in [0.15, 0.2) is 53.1 Å². The van der Waals surface area contributed by atoms with Gasteiger partial charge in [0, 0.05) is 0 Å². The molecule has 3 rings (SSSR count). The van der Waals surface area contributed by atoms with Crippen molar-refractivity contribution in [2.75, 3.05) is 0 Å². The van der Waals surface area contributed by atoms with Crippen LogP contribution in [0.25, 0.3) is 17.0 Å². The number of hydrogen-bond donors (Lipinski definition) is 1. The molecule has 0 atom stereocenters. The summed E-state index contributed by atoms with van der Waals surface area (Å²) < 4.78 is 5.57. The SMILES string of the molecule is N/C=C\c1cccc2ccc(cc2)o1. The predicted molar refractivity (Wildman–Crippen MR) is 58.2 cm³/mol. The largest absolute Gasteiger partial charge is 0.457 e. The average Bonchev–Trinajstić information content (AvgIpc) is 2.34. The molecule has 2 aromatic heterocycles. The van der Waals surface area contributed by atoms with Gasteiger partial charge in [0.2, 0.25) is 0 Å². The molecule has 0 fully saturated rings. The van der Waals surface area contributed by atoms with E-state index in [1.807, 2.05) is 42.5 Å². The lowest BCUT2D eigenvalue weighted by molar-refractivity contribution is 0.592. The topological polar surface area (TPSA) is 39.2 Å². The van der Waals surface area contributed by atoms with Crippen molar-refractivity contribution in [2.45, 2.75) is 0 Å². The first-order chi connectivity index (χ1) is 6.88. The lowest BCUT2D eigenvalue weighted by Crippen LogP contribution is -1.75. The van der Waals surface area contributed by atoms with Crippen LogP contribution < -0.4 is 5.73 Å². The fourth-order valence-electron chi connectivity index (χ4n) is 1.26. The van der Waals surface area contributed by atoms with E-state index < -0.39 is 0 Å². The van der Waals surface area contributed by atoms with E-state index in [4.69, 9.17) is 10.2 Å². The molecule has 2 N–H and O–H groups in total. The normalized spacial score (nSPS) is 10.9. The van der Waals surface area contributed by atoms with Crippen LogP contribution in [0, 0.1) is 0 Å². The van der Waals surface area contributed by atoms with Crippen molar-refractivity contribution in [1.82, 2.24) is 0 Å². The third-order valence-corrected chi connectivity index (χ3v) is 1.93. The Labute approximate surface area is 82.3 Å². The van der Waals surface area contributed by atoms with E-state index in [0.29, 0.717) is 0 Å². The number of hydrogen-bond acceptors (Lipinski definition) is 2. The third kappa shape index (κ3) is 1.85. The highest BCUT2D eigenvalue weighted by molar-refractivity contribution is 5.59. The first-order valence-electron chi connectivity index (χ1n) is 4.43. The van der Waals surface area contributed by atoms with Gasteiger partial charge in [0.15, 0.2) is 0 Å². The van der Waals surface area contributed by atoms with Crippen molar-refractivity contribution in [3.63, 3.8) is 0 Å². The van der Waals surface area contributed by atoms with E-state index in [0.717, 1.165) is 16.7 Å². The summed E-state index contributed by atoms with van der Waals surface area (Å²) in [7, 11) is 0. The zero-order chi connectivity index (χ0) is 9.80. The van der Waals surface area contributed by atoms with Crippen molar-refractivity contribution in [1.29, 1.82) is 0 Å². The minimum Gasteiger partial charge on any atom is -0.457 e. The smallest absolute Gasteiger partial charge is 0.128 e. The van der Waals surface area contributed by atoms with Crippen LogP contribution in [0.4, 0.5) is 0 Å². The molecule has 1 aromatic carbocycles. The van der Waals surface area contributed by atoms with Crippen LogP contribution >= 0.6 is 0 Å². The summed E-state index contributed by atoms with van der Waals surface area (Å²) in [6.07, 6.45) is 3.19. The van der Waals surface area contributed by atoms with Crippen LogP contribution in [-0.4, -0.2) is 0 Å². The molecule has 14 heavy (non-hydrogen) atoms. The van der Waals surface area contributed by atoms with Crippen molar-refractivity contribution >= 4 is 17.0 Å². The summed E-state index contributed by atoms with van der Waals surface area (Å²) in [6, 6.07) is 13.7. The molecule has 0 saturated heterocycles. The second kappa shape index (κ2) is 3.83. The number of rotatable bonds is 1. The second-order valence-corrected chi connectivity index (χ2v) is 2.96. The van der Waals surface area contributed by atoms with Crippen LogP contribution in [0.2, 0.25) is 0 Å². The van der Waals surface area contributed by atoms with Crippen LogP contribution in [0.1, 0.15) is 5.76 Å². The van der Waals surface area contributed by atoms with E-state index in [-0.39, 0.29) is 0 Å². The molecule has 0 radical (unpaired) electrons. The summed E-state index contributed by atoms with van der Waals surface area (Å²) in [5.41, 5.74) is 6.13. The Balaban J connectivity index is 2.72. The van der Waals surface area contributed by atoms with Gasteiger partial charge in [-0.15, -0.1) is 0 Å². The third-order valence-electron chi connectivity index (χ3n) is 1.93. The second-order valence-electron chi connectivity index (χ2n) is 2.96. The van der Waals surface area contributed by atoms with Gasteiger partial charge < -0.3 is 10.2 Å². The van der Waals surface area contributed by atoms with E-state index in [1.54, 1.807) is 6.08 Å². The molecule has 2 heteroatoms. The van der Waals surface area contributed by atoms with E-state index >= 15 is 0 Å². The first-order valence-corrected chi connectivity index (χ1v) is 4.43. The molecular weight excluding hydrogens is 174 g/mol. The van der Waals surface area contributed by atoms with E-state index in [2.05, 4.69) is 0 Å². The van der Waals surface area contributed by atoms with Gasteiger partial charge in [-0.1, -0.05) is 24.3 Å². The molecule has 0 spiro atoms. The lowest BCUT2D eigenvalue weighted by Gasteiger charge is -1.89. The lowest BCUT2D eigenvalue weighted by atomic mass is 10.2. The Kier molecular flexibility index (Phi) is 2.36. The minimum absolute atomic E-state index is 0.733. The quantitative estimate of drug-likeness (QED) is 0.741. The summed E-state index contributed by atoms with van der Waals surface area (Å²) in [5, 5.41) is 1.16. The standard InChI is InChI=1S/C12H11NO/c13-9-8-11-3-1-2-10-4-6-12(14-11)7-5-10/h1-9H,13H2/b2-1?,9-8-,11-3?. The highest BCUT2D eigenvalue weighted by atomic mass is 16.3. The van der Waals surface area contributed by atoms with Crippen LogP contribution in [-0.2, 0) is 0 Å². The van der Waals surface area contributed by atoms with Crippen LogP contribution in [0.3, 0.4) is 0 Å². The Morgan fingerprint density at radius 1 is 1.00 bits per heavy atom. The van der Waals surface area contributed by atoms with Gasteiger partial charge in [0.05, 0.1) is 0 Å². The van der Waals surface area contributed by atoms with Gasteiger partial charge in [-0.05, 0) is 35.9 Å². The maximum atomic E-state index is 5.57. The van der Waals surface area contributed by atoms with Gasteiger partial charge >= 0.3 is 0 Å². The monoisotopic (exact) mass is 185 g/mol. The van der Waals surface area contributed by atoms with E-state index in [9.17, 15) is 0 Å². The van der Waals surface area contributed by atoms with Crippen molar-refractivity contribution in [3.8, 4) is 0 Å². The zero-order valence-corrected chi connectivity index (χ0v) is 7.68. The fourth-order valence-corrected chi connectivity index (χ4v) is 1.26. The van der Waals surface area contributed by atoms with Gasteiger partial charge in [0.25, 0.3) is 0 Å². The summed E-state index contributed by atoms with van der Waals surface area (Å²) in [5.74, 6) is 0.733.